The molecule has 0 aromatic carbocycles. The molecular weight excluding hydrogens is 118 g/mol. The molecule has 0 saturated heterocycles. The molecule has 1 rings (SSSR count). The smallest absolute Gasteiger partial charge is 0.227 e. The lowest BCUT2D eigenvalue weighted by atomic mass is 10.4. The van der Waals surface area contributed by atoms with Crippen LogP contribution in [0.15, 0.2) is 4.99 Å². The average molecular weight is 129 g/mol. The van der Waals surface area contributed by atoms with Crippen LogP contribution in [0.25, 0.3) is 0 Å². The molecule has 3 N–H and O–H groups in total. The van der Waals surface area contributed by atoms with Crippen LogP contribution in [0.4, 0.5) is 0 Å². The molecule has 4 heteroatoms. The van der Waals surface area contributed by atoms with E-state index in [1.807, 2.05) is 13.8 Å². The van der Waals surface area contributed by atoms with Crippen molar-refractivity contribution in [1.29, 1.82) is 0 Å². The fourth-order valence-electron chi connectivity index (χ4n) is 0.600. The van der Waals surface area contributed by atoms with E-state index in [2.05, 4.69) is 10.5 Å². The Hall–Kier alpha value is -0.610. The van der Waals surface area contributed by atoms with Crippen molar-refractivity contribution in [2.45, 2.75) is 26.1 Å². The van der Waals surface area contributed by atoms with Gasteiger partial charge in [-0.2, -0.15) is 0 Å². The van der Waals surface area contributed by atoms with Crippen molar-refractivity contribution in [3.05, 3.63) is 0 Å². The number of aliphatic imine (C=N–C) groups is 1. The summed E-state index contributed by atoms with van der Waals surface area (Å²) < 4.78 is 0. The molecule has 0 aromatic heterocycles. The minimum atomic E-state index is -0.109. The lowest BCUT2D eigenvalue weighted by molar-refractivity contribution is 0.179. The highest BCUT2D eigenvalue weighted by atomic mass is 16.7. The van der Waals surface area contributed by atoms with Crippen LogP contribution >= 0.6 is 0 Å². The van der Waals surface area contributed by atoms with Crippen molar-refractivity contribution in [3.8, 4) is 0 Å². The fraction of sp³-hybridized carbons (Fsp3) is 0.800. The molecule has 0 aliphatic carbocycles. The first-order valence-corrected chi connectivity index (χ1v) is 2.96. The predicted molar refractivity (Wildman–Crippen MR) is 34.8 cm³/mol. The minimum Gasteiger partial charge on any atom is -0.390 e. The summed E-state index contributed by atoms with van der Waals surface area (Å²) in [4.78, 5) is 8.95. The maximum Gasteiger partial charge on any atom is 0.227 e. The number of hydrogen-bond donors (Lipinski definition) is 2. The van der Waals surface area contributed by atoms with Crippen molar-refractivity contribution in [1.82, 2.24) is 5.48 Å². The van der Waals surface area contributed by atoms with Gasteiger partial charge in [0.15, 0.2) is 0 Å². The van der Waals surface area contributed by atoms with Crippen LogP contribution in [-0.4, -0.2) is 18.1 Å². The fourth-order valence-corrected chi connectivity index (χ4v) is 0.600. The highest BCUT2D eigenvalue weighted by Crippen LogP contribution is 1.98. The van der Waals surface area contributed by atoms with Gasteiger partial charge in [-0.1, -0.05) is 0 Å². The average Bonchev–Trinajstić information content (AvgIpc) is 2.14. The molecule has 0 bridgehead atoms. The molecule has 4 nitrogen and oxygen atoms in total. The lowest BCUT2D eigenvalue weighted by Gasteiger charge is -2.01. The number of rotatable bonds is 1. The van der Waals surface area contributed by atoms with Gasteiger partial charge >= 0.3 is 0 Å². The Morgan fingerprint density at radius 2 is 2.56 bits per heavy atom. The summed E-state index contributed by atoms with van der Waals surface area (Å²) in [5, 5.41) is 0. The SMILES string of the molecule is CC1N=C([C@@H](C)N)ON1. The summed E-state index contributed by atoms with van der Waals surface area (Å²) in [5.41, 5.74) is 8.13. The van der Waals surface area contributed by atoms with Gasteiger partial charge in [0, 0.05) is 0 Å². The van der Waals surface area contributed by atoms with Crippen molar-refractivity contribution in [3.63, 3.8) is 0 Å². The first-order valence-electron chi connectivity index (χ1n) is 2.96. The Kier molecular flexibility index (Phi) is 1.68. The van der Waals surface area contributed by atoms with Crippen LogP contribution in [0.3, 0.4) is 0 Å². The zero-order valence-electron chi connectivity index (χ0n) is 5.59. The molecule has 0 amide bonds. The van der Waals surface area contributed by atoms with Crippen LogP contribution in [0.1, 0.15) is 13.8 Å². The standard InChI is InChI=1S/C5H11N3O/c1-3(6)5-7-4(2)8-9-5/h3-4,8H,6H2,1-2H3/t3-,4?/m1/s1. The number of hydroxylamine groups is 1. The predicted octanol–water partition coefficient (Wildman–Crippen LogP) is -0.387. The van der Waals surface area contributed by atoms with E-state index >= 15 is 0 Å². The summed E-state index contributed by atoms with van der Waals surface area (Å²) in [6, 6.07) is -0.109. The summed E-state index contributed by atoms with van der Waals surface area (Å²) in [6.07, 6.45) is 0.0472. The van der Waals surface area contributed by atoms with E-state index in [9.17, 15) is 0 Å². The molecule has 9 heavy (non-hydrogen) atoms. The molecule has 1 unspecified atom stereocenters. The molecule has 52 valence electrons. The Morgan fingerprint density at radius 3 is 2.78 bits per heavy atom. The van der Waals surface area contributed by atoms with Crippen LogP contribution in [0.2, 0.25) is 0 Å². The largest absolute Gasteiger partial charge is 0.390 e. The number of nitrogens with two attached hydrogens (primary N) is 1. The van der Waals surface area contributed by atoms with Gasteiger partial charge in [-0.15, -0.1) is 5.48 Å². The summed E-state index contributed by atoms with van der Waals surface area (Å²) in [5.74, 6) is 0.586. The van der Waals surface area contributed by atoms with Gasteiger partial charge in [0.05, 0.1) is 6.04 Å². The third kappa shape index (κ3) is 1.40. The molecule has 0 spiro atoms. The highest BCUT2D eigenvalue weighted by molar-refractivity contribution is 5.81. The van der Waals surface area contributed by atoms with E-state index in [0.29, 0.717) is 5.90 Å². The first kappa shape index (κ1) is 6.51. The number of nitrogens with zero attached hydrogens (tertiary/aromatic N) is 1. The molecule has 0 fully saturated rings. The van der Waals surface area contributed by atoms with Gasteiger partial charge in [0.2, 0.25) is 5.90 Å². The third-order valence-corrected chi connectivity index (χ3v) is 1.04. The molecule has 1 aliphatic heterocycles. The van der Waals surface area contributed by atoms with Gasteiger partial charge in [0.25, 0.3) is 0 Å². The van der Waals surface area contributed by atoms with E-state index in [0.717, 1.165) is 0 Å². The van der Waals surface area contributed by atoms with E-state index in [1.165, 1.54) is 0 Å². The molecular formula is C5H11N3O. The maximum atomic E-state index is 5.46. The Morgan fingerprint density at radius 1 is 1.89 bits per heavy atom. The third-order valence-electron chi connectivity index (χ3n) is 1.04. The van der Waals surface area contributed by atoms with Gasteiger partial charge in [0.1, 0.15) is 6.17 Å². The van der Waals surface area contributed by atoms with Gasteiger partial charge in [-0.25, -0.2) is 4.99 Å². The Labute approximate surface area is 54.0 Å². The highest BCUT2D eigenvalue weighted by Gasteiger charge is 2.16. The van der Waals surface area contributed by atoms with Crippen LogP contribution in [0.5, 0.6) is 0 Å². The van der Waals surface area contributed by atoms with Crippen molar-refractivity contribution in [2.75, 3.05) is 0 Å². The van der Waals surface area contributed by atoms with Crippen LogP contribution in [-0.2, 0) is 4.84 Å². The van der Waals surface area contributed by atoms with Gasteiger partial charge in [-0.3, -0.25) is 0 Å². The second-order valence-corrected chi connectivity index (χ2v) is 2.15. The maximum absolute atomic E-state index is 5.46. The van der Waals surface area contributed by atoms with Crippen molar-refractivity contribution >= 4 is 5.90 Å². The Bertz CT molecular complexity index is 132. The lowest BCUT2D eigenvalue weighted by Crippen LogP contribution is -2.28. The quantitative estimate of drug-likeness (QED) is 0.507. The summed E-state index contributed by atoms with van der Waals surface area (Å²) in [7, 11) is 0. The second-order valence-electron chi connectivity index (χ2n) is 2.15. The monoisotopic (exact) mass is 129 g/mol. The van der Waals surface area contributed by atoms with E-state index in [4.69, 9.17) is 10.6 Å². The number of hydrogen-bond acceptors (Lipinski definition) is 4. The summed E-state index contributed by atoms with van der Waals surface area (Å²) in [6.45, 7) is 3.73. The zero-order chi connectivity index (χ0) is 6.85. The molecule has 1 aliphatic rings. The number of nitrogens with one attached hydrogen (secondary N) is 1. The van der Waals surface area contributed by atoms with E-state index in [1.54, 1.807) is 0 Å². The second kappa shape index (κ2) is 2.33. The molecule has 0 saturated carbocycles. The van der Waals surface area contributed by atoms with Crippen molar-refractivity contribution in [2.24, 2.45) is 10.7 Å². The van der Waals surface area contributed by atoms with Gasteiger partial charge in [-0.05, 0) is 13.8 Å². The van der Waals surface area contributed by atoms with E-state index < -0.39 is 0 Å². The topological polar surface area (TPSA) is 59.6 Å². The van der Waals surface area contributed by atoms with Crippen LogP contribution < -0.4 is 11.2 Å². The zero-order valence-corrected chi connectivity index (χ0v) is 5.59. The van der Waals surface area contributed by atoms with Crippen LogP contribution in [0, 0.1) is 0 Å². The molecule has 0 radical (unpaired) electrons. The molecule has 2 atom stereocenters. The van der Waals surface area contributed by atoms with Gasteiger partial charge < -0.3 is 10.6 Å². The molecule has 1 heterocycles. The van der Waals surface area contributed by atoms with Crippen molar-refractivity contribution < 1.29 is 4.84 Å². The van der Waals surface area contributed by atoms with E-state index in [-0.39, 0.29) is 12.2 Å². The summed E-state index contributed by atoms with van der Waals surface area (Å²) >= 11 is 0. The molecule has 0 aromatic rings. The normalized spacial score (nSPS) is 29.2. The Balaban J connectivity index is 2.52. The minimum absolute atomic E-state index is 0.0472. The first-order chi connectivity index (χ1) is 4.20.